The van der Waals surface area contributed by atoms with Crippen LogP contribution in [0, 0.1) is 16.6 Å². The van der Waals surface area contributed by atoms with Crippen LogP contribution >= 0.6 is 23.2 Å². The van der Waals surface area contributed by atoms with Gasteiger partial charge in [-0.1, -0.05) is 81.4 Å². The van der Waals surface area contributed by atoms with Crippen LogP contribution in [0.3, 0.4) is 0 Å². The first-order valence-electron chi connectivity index (χ1n) is 13.4. The maximum Gasteiger partial charge on any atom is 0.232 e. The topological polar surface area (TPSA) is 70.2 Å². The number of hydrogen-bond donors (Lipinski definition) is 3. The van der Waals surface area contributed by atoms with Crippen LogP contribution in [0.15, 0.2) is 42.5 Å². The molecule has 208 valence electrons. The number of benzene rings is 2. The molecule has 5 nitrogen and oxygen atoms in total. The highest BCUT2D eigenvalue weighted by molar-refractivity contribution is 6.31. The second-order valence-electron chi connectivity index (χ2n) is 11.8. The first-order chi connectivity index (χ1) is 18.0. The second kappa shape index (κ2) is 13.3. The van der Waals surface area contributed by atoms with Crippen LogP contribution in [0.1, 0.15) is 77.7 Å². The van der Waals surface area contributed by atoms with Gasteiger partial charge in [-0.15, -0.1) is 0 Å². The third-order valence-corrected chi connectivity index (χ3v) is 8.20. The van der Waals surface area contributed by atoms with Crippen molar-refractivity contribution >= 4 is 41.2 Å². The van der Waals surface area contributed by atoms with Gasteiger partial charge in [-0.05, 0) is 61.4 Å². The summed E-state index contributed by atoms with van der Waals surface area (Å²) in [5, 5.41) is 9.89. The molecule has 1 saturated carbocycles. The fourth-order valence-corrected chi connectivity index (χ4v) is 5.93. The van der Waals surface area contributed by atoms with Gasteiger partial charge >= 0.3 is 0 Å². The molecule has 2 fully saturated rings. The van der Waals surface area contributed by atoms with Gasteiger partial charge in [-0.2, -0.15) is 0 Å². The van der Waals surface area contributed by atoms with Crippen LogP contribution in [0.2, 0.25) is 10.0 Å². The minimum absolute atomic E-state index is 0.00295. The zero-order valence-corrected chi connectivity index (χ0v) is 24.3. The molecular weight excluding hydrogens is 524 g/mol. The van der Waals surface area contributed by atoms with Gasteiger partial charge in [-0.3, -0.25) is 9.59 Å². The van der Waals surface area contributed by atoms with Crippen LogP contribution in [0.5, 0.6) is 0 Å². The summed E-state index contributed by atoms with van der Waals surface area (Å²) in [4.78, 5) is 23.5. The van der Waals surface area contributed by atoms with Gasteiger partial charge < -0.3 is 16.0 Å². The summed E-state index contributed by atoms with van der Waals surface area (Å²) in [5.41, 5.74) is 0.207. The molecule has 1 heterocycles. The molecule has 0 aromatic heterocycles. The Labute approximate surface area is 236 Å². The van der Waals surface area contributed by atoms with Gasteiger partial charge in [0.05, 0.1) is 10.4 Å². The molecule has 1 aliphatic heterocycles. The van der Waals surface area contributed by atoms with Crippen molar-refractivity contribution in [1.82, 2.24) is 10.6 Å². The smallest absolute Gasteiger partial charge is 0.232 e. The summed E-state index contributed by atoms with van der Waals surface area (Å²) in [6.07, 6.45) is 7.85. The quantitative estimate of drug-likeness (QED) is 0.322. The lowest BCUT2D eigenvalue weighted by Gasteiger charge is -2.37. The van der Waals surface area contributed by atoms with Gasteiger partial charge in [0.25, 0.3) is 0 Å². The second-order valence-corrected chi connectivity index (χ2v) is 12.6. The molecular formula is C30H40Cl2FN3O2. The molecule has 2 aromatic rings. The Morgan fingerprint density at radius 1 is 1.13 bits per heavy atom. The van der Waals surface area contributed by atoms with E-state index in [0.717, 1.165) is 12.8 Å². The minimum atomic E-state index is -0.874. The highest BCUT2D eigenvalue weighted by Gasteiger charge is 2.54. The van der Waals surface area contributed by atoms with E-state index in [0.29, 0.717) is 28.9 Å². The molecule has 1 saturated heterocycles. The van der Waals surface area contributed by atoms with Crippen molar-refractivity contribution in [2.45, 2.75) is 84.2 Å². The first kappa shape index (κ1) is 30.4. The normalized spacial score (nSPS) is 23.8. The zero-order chi connectivity index (χ0) is 27.9. The lowest BCUT2D eigenvalue weighted by Crippen LogP contribution is -2.47. The van der Waals surface area contributed by atoms with Gasteiger partial charge in [0.2, 0.25) is 12.3 Å². The van der Waals surface area contributed by atoms with Crippen molar-refractivity contribution < 1.29 is 14.0 Å². The number of carbonyl (C=O) groups excluding carboxylic acids is 2. The number of hydrogen-bond acceptors (Lipinski definition) is 3. The molecule has 0 radical (unpaired) electrons. The maximum atomic E-state index is 14.9. The number of carbonyl (C=O) groups is 2. The average Bonchev–Trinajstić information content (AvgIpc) is 3.17. The highest BCUT2D eigenvalue weighted by atomic mass is 35.5. The number of nitrogens with one attached hydrogen (secondary N) is 3. The lowest BCUT2D eigenvalue weighted by atomic mass is 9.67. The van der Waals surface area contributed by atoms with E-state index < -0.39 is 11.2 Å². The minimum Gasteiger partial charge on any atom is -0.356 e. The Hall–Kier alpha value is -2.15. The molecule has 1 aliphatic carbocycles. The Kier molecular flexibility index (Phi) is 10.6. The largest absolute Gasteiger partial charge is 0.356 e. The lowest BCUT2D eigenvalue weighted by molar-refractivity contribution is -0.126. The van der Waals surface area contributed by atoms with Crippen molar-refractivity contribution in [3.8, 4) is 0 Å². The molecule has 2 aliphatic rings. The van der Waals surface area contributed by atoms with Crippen molar-refractivity contribution in [1.29, 1.82) is 0 Å². The number of rotatable bonds is 6. The molecule has 3 atom stereocenters. The van der Waals surface area contributed by atoms with E-state index in [1.54, 1.807) is 36.4 Å². The molecule has 0 bridgehead atoms. The summed E-state index contributed by atoms with van der Waals surface area (Å²) in [7, 11) is 0. The molecule has 38 heavy (non-hydrogen) atoms. The Morgan fingerprint density at radius 3 is 2.45 bits per heavy atom. The monoisotopic (exact) mass is 563 g/mol. The fourth-order valence-electron chi connectivity index (χ4n) is 5.56. The predicted octanol–water partition coefficient (Wildman–Crippen LogP) is 7.33. The van der Waals surface area contributed by atoms with Crippen molar-refractivity contribution in [3.05, 3.63) is 63.9 Å². The Morgan fingerprint density at radius 2 is 1.82 bits per heavy atom. The van der Waals surface area contributed by atoms with E-state index in [9.17, 15) is 14.0 Å². The molecule has 3 N–H and O–H groups in total. The Balaban J connectivity index is 0.000000375. The van der Waals surface area contributed by atoms with Gasteiger partial charge in [-0.25, -0.2) is 4.39 Å². The number of amides is 2. The molecule has 2 amide bonds. The number of anilines is 1. The van der Waals surface area contributed by atoms with Crippen molar-refractivity contribution in [2.75, 3.05) is 11.9 Å². The SMILES string of the molecule is CC(C)(C)CC1NCC(c2cccc(Cl)c2F)C1(C)C(=O)Nc1cccc(Cl)c1.O=CNC1CCCCC1. The van der Waals surface area contributed by atoms with E-state index in [4.69, 9.17) is 23.2 Å². The third-order valence-electron chi connectivity index (χ3n) is 7.67. The molecule has 2 aromatic carbocycles. The van der Waals surface area contributed by atoms with Crippen LogP contribution in [-0.2, 0) is 9.59 Å². The Bertz CT molecular complexity index is 1100. The highest BCUT2D eigenvalue weighted by Crippen LogP contribution is 2.48. The van der Waals surface area contributed by atoms with E-state index in [1.807, 2.05) is 6.92 Å². The van der Waals surface area contributed by atoms with Crippen LogP contribution in [-0.4, -0.2) is 30.9 Å². The van der Waals surface area contributed by atoms with E-state index in [-0.39, 0.29) is 28.3 Å². The number of halogens is 3. The maximum absolute atomic E-state index is 14.9. The first-order valence-corrected chi connectivity index (χ1v) is 14.2. The van der Waals surface area contributed by atoms with Crippen molar-refractivity contribution in [3.63, 3.8) is 0 Å². The fraction of sp³-hybridized carbons (Fsp3) is 0.533. The van der Waals surface area contributed by atoms with Crippen LogP contribution in [0.4, 0.5) is 10.1 Å². The zero-order valence-electron chi connectivity index (χ0n) is 22.8. The molecule has 3 unspecified atom stereocenters. The van der Waals surface area contributed by atoms with Gasteiger partial charge in [0.15, 0.2) is 0 Å². The summed E-state index contributed by atoms with van der Waals surface area (Å²) in [6, 6.07) is 12.4. The predicted molar refractivity (Wildman–Crippen MR) is 154 cm³/mol. The van der Waals surface area contributed by atoms with Crippen molar-refractivity contribution in [2.24, 2.45) is 10.8 Å². The van der Waals surface area contributed by atoms with Gasteiger partial charge in [0, 0.05) is 35.3 Å². The van der Waals surface area contributed by atoms with Crippen LogP contribution < -0.4 is 16.0 Å². The summed E-state index contributed by atoms with van der Waals surface area (Å²) in [6.45, 7) is 8.82. The molecule has 4 rings (SSSR count). The molecule has 8 heteroatoms. The third kappa shape index (κ3) is 7.71. The summed E-state index contributed by atoms with van der Waals surface area (Å²) >= 11 is 12.1. The molecule has 0 spiro atoms. The van der Waals surface area contributed by atoms with E-state index >= 15 is 0 Å². The standard InChI is InChI=1S/C23H27Cl2FN2O.C7H13NO/c1-22(2,3)12-19-23(4,21(29)28-15-8-5-7-14(24)11-15)17(13-27-19)16-9-6-10-18(25)20(16)26;9-6-8-7-4-2-1-3-5-7/h5-11,17,19,27H,12-13H2,1-4H3,(H,28,29);6-7H,1-5H2,(H,8,9). The van der Waals surface area contributed by atoms with Crippen LogP contribution in [0.25, 0.3) is 0 Å². The van der Waals surface area contributed by atoms with E-state index in [1.165, 1.54) is 38.2 Å². The van der Waals surface area contributed by atoms with E-state index in [2.05, 4.69) is 36.7 Å². The summed E-state index contributed by atoms with van der Waals surface area (Å²) < 4.78 is 14.9. The summed E-state index contributed by atoms with van der Waals surface area (Å²) in [5.74, 6) is -0.977. The average molecular weight is 565 g/mol. The van der Waals surface area contributed by atoms with Gasteiger partial charge in [0.1, 0.15) is 5.82 Å².